The van der Waals surface area contributed by atoms with Crippen molar-refractivity contribution >= 4 is 11.6 Å². The summed E-state index contributed by atoms with van der Waals surface area (Å²) in [5.74, 6) is 0.911. The number of piperidine rings is 1. The standard InChI is InChI=1S/C25H32N2O2/c1-20-10-11-21-8-3-4-9-24(21)27(20)25(28)22-12-14-23(15-13-22)29-19-7-18-26-16-5-2-6-17-26/h3-4,8-9,12-15,20H,2,5-7,10-11,16-19H2,1H3. The highest BCUT2D eigenvalue weighted by Crippen LogP contribution is 2.32. The second kappa shape index (κ2) is 9.45. The van der Waals surface area contributed by atoms with E-state index in [1.165, 1.54) is 37.9 Å². The molecule has 0 saturated carbocycles. The quantitative estimate of drug-likeness (QED) is 0.654. The summed E-state index contributed by atoms with van der Waals surface area (Å²) >= 11 is 0. The van der Waals surface area contributed by atoms with Crippen LogP contribution in [0.4, 0.5) is 5.69 Å². The van der Waals surface area contributed by atoms with Crippen molar-refractivity contribution < 1.29 is 9.53 Å². The summed E-state index contributed by atoms with van der Waals surface area (Å²) in [6, 6.07) is 16.1. The normalized spacial score (nSPS) is 19.6. The maximum atomic E-state index is 13.2. The third-order valence-electron chi connectivity index (χ3n) is 6.18. The zero-order valence-electron chi connectivity index (χ0n) is 17.5. The Hall–Kier alpha value is -2.33. The Kier molecular flexibility index (Phi) is 6.50. The molecule has 2 aromatic rings. The van der Waals surface area contributed by atoms with Crippen molar-refractivity contribution in [2.24, 2.45) is 0 Å². The van der Waals surface area contributed by atoms with Gasteiger partial charge in [-0.1, -0.05) is 24.6 Å². The van der Waals surface area contributed by atoms with Crippen molar-refractivity contribution in [2.45, 2.75) is 51.5 Å². The van der Waals surface area contributed by atoms with Gasteiger partial charge in [-0.3, -0.25) is 4.79 Å². The first-order valence-corrected chi connectivity index (χ1v) is 11.1. The molecule has 2 aromatic carbocycles. The highest BCUT2D eigenvalue weighted by atomic mass is 16.5. The number of likely N-dealkylation sites (tertiary alicyclic amines) is 1. The number of hydrogen-bond donors (Lipinski definition) is 0. The van der Waals surface area contributed by atoms with E-state index in [1.54, 1.807) is 0 Å². The van der Waals surface area contributed by atoms with E-state index in [-0.39, 0.29) is 11.9 Å². The molecule has 2 heterocycles. The topological polar surface area (TPSA) is 32.8 Å². The van der Waals surface area contributed by atoms with E-state index in [9.17, 15) is 4.79 Å². The van der Waals surface area contributed by atoms with Gasteiger partial charge in [-0.25, -0.2) is 0 Å². The van der Waals surface area contributed by atoms with Crippen LogP contribution in [0.5, 0.6) is 5.75 Å². The molecule has 0 aromatic heterocycles. The van der Waals surface area contributed by atoms with Crippen LogP contribution in [-0.4, -0.2) is 43.1 Å². The molecule has 1 fully saturated rings. The molecule has 1 unspecified atom stereocenters. The molecule has 4 nitrogen and oxygen atoms in total. The van der Waals surface area contributed by atoms with Crippen LogP contribution in [-0.2, 0) is 6.42 Å². The van der Waals surface area contributed by atoms with Gasteiger partial charge in [-0.15, -0.1) is 0 Å². The van der Waals surface area contributed by atoms with Crippen molar-refractivity contribution in [1.29, 1.82) is 0 Å². The smallest absolute Gasteiger partial charge is 0.258 e. The van der Waals surface area contributed by atoms with Gasteiger partial charge in [-0.05, 0) is 88.0 Å². The first kappa shape index (κ1) is 20.0. The maximum absolute atomic E-state index is 13.2. The van der Waals surface area contributed by atoms with Crippen LogP contribution in [0.25, 0.3) is 0 Å². The number of benzene rings is 2. The van der Waals surface area contributed by atoms with Gasteiger partial charge in [0.25, 0.3) is 5.91 Å². The minimum Gasteiger partial charge on any atom is -0.494 e. The molecular formula is C25H32N2O2. The number of fused-ring (bicyclic) bond motifs is 1. The summed E-state index contributed by atoms with van der Waals surface area (Å²) in [5, 5.41) is 0. The zero-order valence-corrected chi connectivity index (χ0v) is 17.5. The Bertz CT molecular complexity index is 812. The summed E-state index contributed by atoms with van der Waals surface area (Å²) in [7, 11) is 0. The van der Waals surface area contributed by atoms with Crippen LogP contribution >= 0.6 is 0 Å². The summed E-state index contributed by atoms with van der Waals surface area (Å²) < 4.78 is 5.90. The summed E-state index contributed by atoms with van der Waals surface area (Å²) in [6.45, 7) is 6.43. The van der Waals surface area contributed by atoms with E-state index in [1.807, 2.05) is 35.2 Å². The minimum absolute atomic E-state index is 0.0706. The Balaban J connectivity index is 1.33. The zero-order chi connectivity index (χ0) is 20.1. The molecule has 2 aliphatic rings. The Morgan fingerprint density at radius 1 is 1.03 bits per heavy atom. The van der Waals surface area contributed by atoms with Crippen molar-refractivity contribution in [1.82, 2.24) is 4.90 Å². The Morgan fingerprint density at radius 2 is 1.79 bits per heavy atom. The lowest BCUT2D eigenvalue weighted by molar-refractivity contribution is 0.0975. The highest BCUT2D eigenvalue weighted by molar-refractivity contribution is 6.07. The number of carbonyl (C=O) groups is 1. The number of ether oxygens (including phenoxy) is 1. The highest BCUT2D eigenvalue weighted by Gasteiger charge is 2.28. The number of anilines is 1. The molecule has 0 radical (unpaired) electrons. The van der Waals surface area contributed by atoms with E-state index < -0.39 is 0 Å². The molecule has 154 valence electrons. The first-order chi connectivity index (χ1) is 14.2. The lowest BCUT2D eigenvalue weighted by atomic mass is 9.96. The molecule has 1 atom stereocenters. The van der Waals surface area contributed by atoms with Crippen LogP contribution in [0, 0.1) is 0 Å². The molecule has 29 heavy (non-hydrogen) atoms. The van der Waals surface area contributed by atoms with Gasteiger partial charge in [0.15, 0.2) is 0 Å². The van der Waals surface area contributed by atoms with Gasteiger partial charge in [-0.2, -0.15) is 0 Å². The third kappa shape index (κ3) is 4.81. The molecule has 1 saturated heterocycles. The van der Waals surface area contributed by atoms with Gasteiger partial charge < -0.3 is 14.5 Å². The molecule has 0 bridgehead atoms. The fourth-order valence-corrected chi connectivity index (χ4v) is 4.49. The predicted octanol–water partition coefficient (Wildman–Crippen LogP) is 4.92. The van der Waals surface area contributed by atoms with Crippen molar-refractivity contribution in [2.75, 3.05) is 31.1 Å². The average Bonchev–Trinajstić information content (AvgIpc) is 2.77. The maximum Gasteiger partial charge on any atom is 0.258 e. The van der Waals surface area contributed by atoms with Crippen LogP contribution < -0.4 is 9.64 Å². The summed E-state index contributed by atoms with van der Waals surface area (Å²) in [6.07, 6.45) is 7.11. The van der Waals surface area contributed by atoms with E-state index in [0.717, 1.165) is 43.9 Å². The molecule has 0 N–H and O–H groups in total. The molecule has 2 aliphatic heterocycles. The van der Waals surface area contributed by atoms with Gasteiger partial charge in [0.1, 0.15) is 5.75 Å². The Labute approximate surface area is 174 Å². The van der Waals surface area contributed by atoms with Crippen LogP contribution in [0.3, 0.4) is 0 Å². The lowest BCUT2D eigenvalue weighted by Crippen LogP contribution is -2.42. The number of aryl methyl sites for hydroxylation is 1. The molecular weight excluding hydrogens is 360 g/mol. The van der Waals surface area contributed by atoms with Crippen molar-refractivity contribution in [3.05, 3.63) is 59.7 Å². The van der Waals surface area contributed by atoms with Crippen LogP contribution in [0.2, 0.25) is 0 Å². The lowest BCUT2D eigenvalue weighted by Gasteiger charge is -2.35. The number of nitrogens with zero attached hydrogens (tertiary/aromatic N) is 2. The average molecular weight is 393 g/mol. The van der Waals surface area contributed by atoms with E-state index in [0.29, 0.717) is 5.56 Å². The molecule has 0 aliphatic carbocycles. The fourth-order valence-electron chi connectivity index (χ4n) is 4.49. The SMILES string of the molecule is CC1CCc2ccccc2N1C(=O)c1ccc(OCCCN2CCCCC2)cc1. The Morgan fingerprint density at radius 3 is 2.59 bits per heavy atom. The molecule has 0 spiro atoms. The number of carbonyl (C=O) groups excluding carboxylic acids is 1. The number of para-hydroxylation sites is 1. The van der Waals surface area contributed by atoms with Gasteiger partial charge >= 0.3 is 0 Å². The van der Waals surface area contributed by atoms with E-state index >= 15 is 0 Å². The fraction of sp³-hybridized carbons (Fsp3) is 0.480. The van der Waals surface area contributed by atoms with Gasteiger partial charge in [0, 0.05) is 23.8 Å². The van der Waals surface area contributed by atoms with Gasteiger partial charge in [0.2, 0.25) is 0 Å². The van der Waals surface area contributed by atoms with Crippen LogP contribution in [0.1, 0.15) is 54.9 Å². The first-order valence-electron chi connectivity index (χ1n) is 11.1. The summed E-state index contributed by atoms with van der Waals surface area (Å²) in [4.78, 5) is 17.7. The van der Waals surface area contributed by atoms with Crippen molar-refractivity contribution in [3.8, 4) is 5.75 Å². The molecule has 4 rings (SSSR count). The molecule has 1 amide bonds. The van der Waals surface area contributed by atoms with E-state index in [2.05, 4.69) is 30.0 Å². The van der Waals surface area contributed by atoms with E-state index in [4.69, 9.17) is 4.74 Å². The number of hydrogen-bond acceptors (Lipinski definition) is 3. The number of amides is 1. The van der Waals surface area contributed by atoms with Gasteiger partial charge in [0.05, 0.1) is 6.61 Å². The number of rotatable bonds is 6. The second-order valence-electron chi connectivity index (χ2n) is 8.32. The third-order valence-corrected chi connectivity index (χ3v) is 6.18. The second-order valence-corrected chi connectivity index (χ2v) is 8.32. The molecule has 4 heteroatoms. The largest absolute Gasteiger partial charge is 0.494 e. The predicted molar refractivity (Wildman–Crippen MR) is 118 cm³/mol. The van der Waals surface area contributed by atoms with Crippen molar-refractivity contribution in [3.63, 3.8) is 0 Å². The monoisotopic (exact) mass is 392 g/mol. The minimum atomic E-state index is 0.0706. The van der Waals surface area contributed by atoms with Crippen LogP contribution in [0.15, 0.2) is 48.5 Å². The summed E-state index contributed by atoms with van der Waals surface area (Å²) in [5.41, 5.74) is 3.02.